The summed E-state index contributed by atoms with van der Waals surface area (Å²) in [5.41, 5.74) is 19.5. The zero-order valence-electron chi connectivity index (χ0n) is 39.1. The van der Waals surface area contributed by atoms with Crippen LogP contribution in [0.1, 0.15) is 77.0 Å². The predicted octanol–water partition coefficient (Wildman–Crippen LogP) is 15.4. The smallest absolute Gasteiger partial charge is 0.252 e. The van der Waals surface area contributed by atoms with Crippen LogP contribution in [0.4, 0.5) is 45.5 Å². The van der Waals surface area contributed by atoms with E-state index in [1.165, 1.54) is 112 Å². The number of benzene rings is 8. The average molecular weight is 886 g/mol. The van der Waals surface area contributed by atoms with Crippen LogP contribution in [0.15, 0.2) is 162 Å². The van der Waals surface area contributed by atoms with Crippen LogP contribution in [0.25, 0.3) is 42.1 Å². The lowest BCUT2D eigenvalue weighted by atomic mass is 9.33. The highest BCUT2D eigenvalue weighted by Gasteiger charge is 2.58. The lowest BCUT2D eigenvalue weighted by Crippen LogP contribution is -2.61. The number of thiophene rings is 1. The van der Waals surface area contributed by atoms with E-state index >= 15 is 0 Å². The maximum Gasteiger partial charge on any atom is 0.252 e. The lowest BCUT2D eigenvalue weighted by molar-refractivity contribution is 0.195. The number of para-hydroxylation sites is 3. The summed E-state index contributed by atoms with van der Waals surface area (Å²) < 4.78 is 9.59. The van der Waals surface area contributed by atoms with Crippen molar-refractivity contribution in [1.82, 2.24) is 0 Å². The molecule has 8 aromatic carbocycles. The van der Waals surface area contributed by atoms with Gasteiger partial charge in [0.05, 0.1) is 11.2 Å². The Bertz CT molecular complexity index is 3750. The minimum Gasteiger partial charge on any atom is -0.454 e. The number of hydrogen-bond acceptors (Lipinski definition) is 5. The molecule has 10 aromatic rings. The van der Waals surface area contributed by atoms with Crippen LogP contribution in [0.3, 0.4) is 0 Å². The molecule has 67 heavy (non-hydrogen) atoms. The molecule has 2 aromatic heterocycles. The summed E-state index contributed by atoms with van der Waals surface area (Å²) in [4.78, 5) is 7.88. The second-order valence-corrected chi connectivity index (χ2v) is 22.4. The van der Waals surface area contributed by atoms with E-state index in [4.69, 9.17) is 4.42 Å². The minimum atomic E-state index is -0.0695. The van der Waals surface area contributed by atoms with Gasteiger partial charge in [0.1, 0.15) is 5.58 Å². The maximum absolute atomic E-state index is 6.97. The molecule has 4 aliphatic rings. The van der Waals surface area contributed by atoms with Gasteiger partial charge in [-0.05, 0) is 132 Å². The molecule has 2 atom stereocenters. The molecule has 14 rings (SSSR count). The summed E-state index contributed by atoms with van der Waals surface area (Å²) in [5.74, 6) is 0. The Morgan fingerprint density at radius 1 is 0.552 bits per heavy atom. The van der Waals surface area contributed by atoms with Gasteiger partial charge in [-0.3, -0.25) is 0 Å². The van der Waals surface area contributed by atoms with Gasteiger partial charge in [0.15, 0.2) is 5.58 Å². The third kappa shape index (κ3) is 5.31. The Labute approximate surface area is 397 Å². The van der Waals surface area contributed by atoms with Gasteiger partial charge < -0.3 is 19.1 Å². The molecule has 6 heteroatoms. The Morgan fingerprint density at radius 3 is 2.07 bits per heavy atom. The third-order valence-corrected chi connectivity index (χ3v) is 17.7. The van der Waals surface area contributed by atoms with E-state index < -0.39 is 0 Å². The molecular weight excluding hydrogens is 834 g/mol. The van der Waals surface area contributed by atoms with Crippen molar-refractivity contribution in [2.24, 2.45) is 0 Å². The van der Waals surface area contributed by atoms with E-state index in [-0.39, 0.29) is 23.1 Å². The van der Waals surface area contributed by atoms with E-state index in [9.17, 15) is 0 Å². The zero-order chi connectivity index (χ0) is 45.1. The van der Waals surface area contributed by atoms with Crippen LogP contribution < -0.4 is 31.1 Å². The van der Waals surface area contributed by atoms with E-state index in [1.807, 2.05) is 11.3 Å². The number of furan rings is 1. The minimum absolute atomic E-state index is 0.00417. The van der Waals surface area contributed by atoms with Crippen LogP contribution in [-0.4, -0.2) is 12.3 Å². The van der Waals surface area contributed by atoms with Crippen molar-refractivity contribution in [3.63, 3.8) is 0 Å². The molecule has 2 unspecified atom stereocenters. The molecule has 0 amide bonds. The van der Waals surface area contributed by atoms with Gasteiger partial charge in [-0.15, -0.1) is 11.3 Å². The summed E-state index contributed by atoms with van der Waals surface area (Å²) >= 11 is 1.89. The van der Waals surface area contributed by atoms with Crippen molar-refractivity contribution in [1.29, 1.82) is 0 Å². The van der Waals surface area contributed by atoms with E-state index in [0.29, 0.717) is 0 Å². The van der Waals surface area contributed by atoms with Gasteiger partial charge in [0.2, 0.25) is 0 Å². The van der Waals surface area contributed by atoms with Crippen molar-refractivity contribution < 1.29 is 4.42 Å². The van der Waals surface area contributed by atoms with Crippen molar-refractivity contribution >= 4 is 122 Å². The number of aryl methyl sites for hydroxylation is 1. The van der Waals surface area contributed by atoms with Crippen LogP contribution in [-0.2, 0) is 10.8 Å². The highest BCUT2D eigenvalue weighted by atomic mass is 32.1. The van der Waals surface area contributed by atoms with Crippen molar-refractivity contribution in [2.75, 3.05) is 14.7 Å². The monoisotopic (exact) mass is 885 g/mol. The molecule has 0 spiro atoms. The van der Waals surface area contributed by atoms with Gasteiger partial charge in [0, 0.05) is 76.2 Å². The zero-order valence-corrected chi connectivity index (χ0v) is 39.9. The van der Waals surface area contributed by atoms with Gasteiger partial charge in [-0.2, -0.15) is 0 Å². The molecule has 0 N–H and O–H groups in total. The second-order valence-electron chi connectivity index (χ2n) is 21.3. The predicted molar refractivity (Wildman–Crippen MR) is 287 cm³/mol. The molecular formula is C61H52BN3OS. The molecule has 3 aliphatic heterocycles. The summed E-state index contributed by atoms with van der Waals surface area (Å²) in [6.07, 6.45) is 4.84. The van der Waals surface area contributed by atoms with Gasteiger partial charge in [-0.25, -0.2) is 0 Å². The molecule has 326 valence electrons. The Hall–Kier alpha value is -6.76. The number of fused-ring (bicyclic) bond motifs is 13. The number of nitrogens with zero attached hydrogens (tertiary/aromatic N) is 3. The lowest BCUT2D eigenvalue weighted by Gasteiger charge is -2.50. The fourth-order valence-corrected chi connectivity index (χ4v) is 14.3. The number of hydrogen-bond donors (Lipinski definition) is 0. The first-order valence-corrected chi connectivity index (χ1v) is 25.1. The first-order chi connectivity index (χ1) is 32.5. The number of anilines is 8. The first-order valence-electron chi connectivity index (χ1n) is 24.2. The quantitative estimate of drug-likeness (QED) is 0.165. The van der Waals surface area contributed by atoms with Crippen LogP contribution in [0.5, 0.6) is 0 Å². The normalized spacial score (nSPS) is 19.6. The Balaban J connectivity index is 1.07. The van der Waals surface area contributed by atoms with Crippen molar-refractivity contribution in [2.45, 2.75) is 83.6 Å². The van der Waals surface area contributed by atoms with Crippen molar-refractivity contribution in [3.8, 4) is 0 Å². The average Bonchev–Trinajstić information content (AvgIpc) is 3.96. The summed E-state index contributed by atoms with van der Waals surface area (Å²) in [7, 11) is 0. The maximum atomic E-state index is 6.97. The SMILES string of the molecule is Cc1cc2c3c(c1)N(c1cccc4c1oc1ccccc14)c1cc(N4c5ccccc5C5(C)CCCCC45C)ccc1B3c1ccc(C(C)(C)C)cc1N2c1ccc2c(c1)sc1ccccc12. The number of rotatable bonds is 3. The third-order valence-electron chi connectivity index (χ3n) is 16.6. The highest BCUT2D eigenvalue weighted by molar-refractivity contribution is 7.25. The van der Waals surface area contributed by atoms with Crippen LogP contribution >= 0.6 is 11.3 Å². The summed E-state index contributed by atoms with van der Waals surface area (Å²) in [6, 6.07) is 60.1. The topological polar surface area (TPSA) is 22.9 Å². The van der Waals surface area contributed by atoms with E-state index in [2.05, 4.69) is 214 Å². The molecule has 0 saturated heterocycles. The first kappa shape index (κ1) is 39.4. The molecule has 0 radical (unpaired) electrons. The molecule has 1 fully saturated rings. The standard InChI is InChI=1S/C61H52BN3OS/c1-37-32-52-57-53(33-37)64(49-21-15-18-44-41-16-7-11-22-54(41)66-58(44)49)51-35-40(65-48-20-10-9-19-45(48)60(5)30-13-14-31-61(60,65)6)26-29-47(51)62(57)46-28-24-38(59(2,3)4)34-50(46)63(52)39-25-27-43-42-17-8-12-23-55(42)67-56(43)36-39/h7-12,15-29,32-36H,13-14,30-31H2,1-6H3. The second kappa shape index (κ2) is 13.7. The summed E-state index contributed by atoms with van der Waals surface area (Å²) in [5, 5.41) is 4.90. The summed E-state index contributed by atoms with van der Waals surface area (Å²) in [6.45, 7) is 14.4. The van der Waals surface area contributed by atoms with Crippen LogP contribution in [0, 0.1) is 6.92 Å². The fraction of sp³-hybridized carbons (Fsp3) is 0.213. The van der Waals surface area contributed by atoms with Gasteiger partial charge >= 0.3 is 0 Å². The van der Waals surface area contributed by atoms with Gasteiger partial charge in [0.25, 0.3) is 6.71 Å². The highest BCUT2D eigenvalue weighted by Crippen LogP contribution is 2.61. The molecule has 1 saturated carbocycles. The Morgan fingerprint density at radius 2 is 1.22 bits per heavy atom. The fourth-order valence-electron chi connectivity index (χ4n) is 13.1. The molecule has 4 nitrogen and oxygen atoms in total. The van der Waals surface area contributed by atoms with Crippen molar-refractivity contribution in [3.05, 3.63) is 174 Å². The van der Waals surface area contributed by atoms with E-state index in [1.54, 1.807) is 0 Å². The molecule has 0 bridgehead atoms. The molecule has 5 heterocycles. The Kier molecular flexibility index (Phi) is 8.04. The van der Waals surface area contributed by atoms with Crippen LogP contribution in [0.2, 0.25) is 0 Å². The molecule has 1 aliphatic carbocycles. The largest absolute Gasteiger partial charge is 0.454 e. The van der Waals surface area contributed by atoms with E-state index in [0.717, 1.165) is 34.0 Å². The van der Waals surface area contributed by atoms with Gasteiger partial charge in [-0.1, -0.05) is 132 Å².